The third-order valence-corrected chi connectivity index (χ3v) is 12.2. The van der Waals surface area contributed by atoms with Crippen molar-refractivity contribution < 1.29 is 24.2 Å². The highest BCUT2D eigenvalue weighted by Gasteiger charge is 2.51. The van der Waals surface area contributed by atoms with E-state index in [-0.39, 0.29) is 42.2 Å². The highest BCUT2D eigenvalue weighted by molar-refractivity contribution is 5.94. The maximum atomic E-state index is 13.3. The largest absolute Gasteiger partial charge is 0.392 e. The smallest absolute Gasteiger partial charge is 0.271 e. The second-order valence-electron chi connectivity index (χ2n) is 15.8. The summed E-state index contributed by atoms with van der Waals surface area (Å²) in [6.45, 7) is 5.30. The van der Waals surface area contributed by atoms with Crippen molar-refractivity contribution in [3.05, 3.63) is 162 Å². The van der Waals surface area contributed by atoms with Crippen LogP contribution in [0.3, 0.4) is 0 Å². The van der Waals surface area contributed by atoms with Gasteiger partial charge in [0, 0.05) is 43.3 Å². The molecule has 1 spiro atoms. The predicted molar refractivity (Wildman–Crippen MR) is 226 cm³/mol. The van der Waals surface area contributed by atoms with Gasteiger partial charge in [-0.15, -0.1) is 0 Å². The molecule has 1 aromatic heterocycles. The third kappa shape index (κ3) is 7.94. The van der Waals surface area contributed by atoms with Gasteiger partial charge in [-0.2, -0.15) is 0 Å². The summed E-state index contributed by atoms with van der Waals surface area (Å²) in [5, 5.41) is 15.8. The first-order chi connectivity index (χ1) is 28.9. The number of ether oxygens (including phenoxy) is 2. The Labute approximate surface area is 344 Å². The Kier molecular flexibility index (Phi) is 10.9. The molecule has 3 aliphatic rings. The minimum absolute atomic E-state index is 0.0176. The number of piperidine rings is 1. The van der Waals surface area contributed by atoms with Crippen LogP contribution in [0, 0.1) is 5.92 Å². The van der Waals surface area contributed by atoms with Crippen LogP contribution in [-0.4, -0.2) is 69.7 Å². The Morgan fingerprint density at radius 3 is 2.32 bits per heavy atom. The van der Waals surface area contributed by atoms with Gasteiger partial charge in [-0.25, -0.2) is 4.98 Å². The molecular weight excluding hydrogens is 741 g/mol. The molecule has 0 aliphatic carbocycles. The van der Waals surface area contributed by atoms with Crippen LogP contribution >= 0.6 is 0 Å². The Morgan fingerprint density at radius 2 is 1.56 bits per heavy atom. The average molecular weight is 789 g/mol. The summed E-state index contributed by atoms with van der Waals surface area (Å²) in [4.78, 5) is 39.8. The number of para-hydroxylation sites is 3. The lowest BCUT2D eigenvalue weighted by Crippen LogP contribution is -2.57. The first-order valence-electron chi connectivity index (χ1n) is 20.4. The molecule has 0 radical (unpaired) electrons. The van der Waals surface area contributed by atoms with E-state index in [0.717, 1.165) is 70.5 Å². The van der Waals surface area contributed by atoms with Gasteiger partial charge in [-0.1, -0.05) is 104 Å². The van der Waals surface area contributed by atoms with E-state index < -0.39 is 11.8 Å². The standard InChI is InChI=1S/C48H48N6O5/c1-32-43(29-53-24-22-48(23-25-53)47(57)51-31-54(48)39-10-3-2-4-11-39)58-46(59-44(32)36-16-14-33(30-55)15-17-36)37-20-18-35(19-21-37)38-9-7-8-34(26-38)27-50-45(56)42-28-49-40-12-5-6-13-41(40)52-42/h2-21,26,28,32,43-44,46,55H,22-25,27,29-31H2,1H3,(H,50,56)(H,51,57). The molecule has 59 heavy (non-hydrogen) atoms. The normalized spacial score (nSPS) is 21.7. The van der Waals surface area contributed by atoms with Gasteiger partial charge in [0.25, 0.3) is 5.91 Å². The lowest BCUT2D eigenvalue weighted by Gasteiger charge is -2.46. The lowest BCUT2D eigenvalue weighted by molar-refractivity contribution is -0.276. The van der Waals surface area contributed by atoms with Crippen LogP contribution in [0.5, 0.6) is 0 Å². The van der Waals surface area contributed by atoms with Crippen LogP contribution in [0.4, 0.5) is 5.69 Å². The topological polar surface area (TPSA) is 129 Å². The summed E-state index contributed by atoms with van der Waals surface area (Å²) in [6.07, 6.45) is 2.00. The number of amides is 2. The summed E-state index contributed by atoms with van der Waals surface area (Å²) in [5.74, 6) is -0.133. The van der Waals surface area contributed by atoms with Crippen LogP contribution < -0.4 is 15.5 Å². The maximum absolute atomic E-state index is 13.3. The first-order valence-corrected chi connectivity index (χ1v) is 20.4. The summed E-state index contributed by atoms with van der Waals surface area (Å²) in [7, 11) is 0. The van der Waals surface area contributed by atoms with Crippen molar-refractivity contribution in [2.75, 3.05) is 31.2 Å². The molecule has 5 aromatic carbocycles. The molecule has 11 heteroatoms. The van der Waals surface area contributed by atoms with E-state index in [9.17, 15) is 14.7 Å². The van der Waals surface area contributed by atoms with Gasteiger partial charge in [-0.3, -0.25) is 14.6 Å². The van der Waals surface area contributed by atoms with Gasteiger partial charge in [0.2, 0.25) is 5.91 Å². The average Bonchev–Trinajstić information content (AvgIpc) is 3.61. The molecule has 0 saturated carbocycles. The lowest BCUT2D eigenvalue weighted by atomic mass is 9.84. The summed E-state index contributed by atoms with van der Waals surface area (Å²) < 4.78 is 13.6. The van der Waals surface area contributed by atoms with E-state index >= 15 is 0 Å². The third-order valence-electron chi connectivity index (χ3n) is 12.2. The fourth-order valence-corrected chi connectivity index (χ4v) is 8.75. The van der Waals surface area contributed by atoms with Gasteiger partial charge >= 0.3 is 0 Å². The van der Waals surface area contributed by atoms with Gasteiger partial charge in [0.15, 0.2) is 6.29 Å². The maximum Gasteiger partial charge on any atom is 0.271 e. The van der Waals surface area contributed by atoms with Gasteiger partial charge < -0.3 is 35.0 Å². The highest BCUT2D eigenvalue weighted by atomic mass is 16.7. The van der Waals surface area contributed by atoms with Crippen LogP contribution in [0.1, 0.15) is 64.9 Å². The zero-order valence-corrected chi connectivity index (χ0v) is 33.0. The number of aliphatic hydroxyl groups excluding tert-OH is 1. The van der Waals surface area contributed by atoms with Crippen LogP contribution in [-0.2, 0) is 27.4 Å². The van der Waals surface area contributed by atoms with Crippen LogP contribution in [0.25, 0.3) is 22.2 Å². The van der Waals surface area contributed by atoms with E-state index in [0.29, 0.717) is 25.3 Å². The first kappa shape index (κ1) is 38.5. The Bertz CT molecular complexity index is 2420. The Morgan fingerprint density at radius 1 is 0.831 bits per heavy atom. The molecule has 4 atom stereocenters. The second-order valence-corrected chi connectivity index (χ2v) is 15.8. The number of nitrogens with one attached hydrogen (secondary N) is 2. The monoisotopic (exact) mass is 788 g/mol. The van der Waals surface area contributed by atoms with Crippen molar-refractivity contribution in [2.24, 2.45) is 5.92 Å². The minimum atomic E-state index is -0.599. The molecule has 3 saturated heterocycles. The number of hydrogen-bond donors (Lipinski definition) is 3. The zero-order valence-electron chi connectivity index (χ0n) is 33.0. The van der Waals surface area contributed by atoms with Crippen molar-refractivity contribution in [2.45, 2.75) is 57.0 Å². The van der Waals surface area contributed by atoms with Crippen molar-refractivity contribution in [1.29, 1.82) is 0 Å². The number of rotatable bonds is 10. The van der Waals surface area contributed by atoms with E-state index in [1.165, 1.54) is 6.20 Å². The number of nitrogens with zero attached hydrogens (tertiary/aromatic N) is 4. The number of aliphatic hydroxyl groups is 1. The van der Waals surface area contributed by atoms with E-state index in [1.54, 1.807) is 0 Å². The number of likely N-dealkylation sites (tertiary alicyclic amines) is 1. The SMILES string of the molecule is CC1C(CN2CCC3(CC2)C(=O)NCN3c2ccccc2)OC(c2ccc(-c3cccc(CNC(=O)c4cnc5ccccc5n4)c3)cc2)OC1c1ccc(CO)cc1. The van der Waals surface area contributed by atoms with E-state index in [2.05, 4.69) is 85.9 Å². The summed E-state index contributed by atoms with van der Waals surface area (Å²) in [6, 6.07) is 42.1. The number of carbonyl (C=O) groups excluding carboxylic acids is 2. The molecule has 0 bridgehead atoms. The molecule has 300 valence electrons. The fourth-order valence-electron chi connectivity index (χ4n) is 8.75. The molecule has 2 amide bonds. The van der Waals surface area contributed by atoms with Crippen molar-refractivity contribution in [1.82, 2.24) is 25.5 Å². The predicted octanol–water partition coefficient (Wildman–Crippen LogP) is 6.94. The number of fused-ring (bicyclic) bond motifs is 1. The molecule has 6 aromatic rings. The molecule has 4 unspecified atom stereocenters. The Hall–Kier alpha value is -5.98. The number of carbonyl (C=O) groups is 2. The Balaban J connectivity index is 0.891. The molecule has 3 fully saturated rings. The van der Waals surface area contributed by atoms with Crippen molar-refractivity contribution in [3.63, 3.8) is 0 Å². The number of aromatic nitrogens is 2. The minimum Gasteiger partial charge on any atom is -0.392 e. The van der Waals surface area contributed by atoms with Crippen LogP contribution in [0.2, 0.25) is 0 Å². The summed E-state index contributed by atoms with van der Waals surface area (Å²) >= 11 is 0. The van der Waals surface area contributed by atoms with Crippen molar-refractivity contribution in [3.8, 4) is 11.1 Å². The molecule has 11 nitrogen and oxygen atoms in total. The van der Waals surface area contributed by atoms with Crippen molar-refractivity contribution >= 4 is 28.5 Å². The molecule has 9 rings (SSSR count). The van der Waals surface area contributed by atoms with Crippen LogP contribution in [0.15, 0.2) is 134 Å². The molecular formula is C48H48N6O5. The van der Waals surface area contributed by atoms with Gasteiger partial charge in [0.1, 0.15) is 11.2 Å². The quantitative estimate of drug-likeness (QED) is 0.135. The zero-order chi connectivity index (χ0) is 40.3. The van der Waals surface area contributed by atoms with Gasteiger partial charge in [0.05, 0.1) is 42.7 Å². The number of anilines is 1. The fraction of sp³-hybridized carbons (Fsp3) is 0.292. The summed E-state index contributed by atoms with van der Waals surface area (Å²) in [5.41, 5.74) is 8.04. The molecule has 3 aliphatic heterocycles. The van der Waals surface area contributed by atoms with E-state index in [1.807, 2.05) is 78.9 Å². The molecule has 3 N–H and O–H groups in total. The molecule has 4 heterocycles. The number of hydrogen-bond acceptors (Lipinski definition) is 9. The van der Waals surface area contributed by atoms with E-state index in [4.69, 9.17) is 9.47 Å². The van der Waals surface area contributed by atoms with Gasteiger partial charge in [-0.05, 0) is 71.0 Å². The second kappa shape index (κ2) is 16.7. The highest BCUT2D eigenvalue weighted by Crippen LogP contribution is 2.43. The number of benzene rings is 5.